The zero-order valence-electron chi connectivity index (χ0n) is 19.0. The number of benzene rings is 1. The summed E-state index contributed by atoms with van der Waals surface area (Å²) in [5.41, 5.74) is 3.73. The maximum Gasteiger partial charge on any atom is 0.338 e. The number of aliphatic hydroxyl groups excluding tert-OH is 1. The SMILES string of the molecule is Cc1c([C@@H](O)CN2CCC(NC(=O)c3ccc(-n4cccn4)nc3)CC2)ccc2c1COC2=O. The minimum Gasteiger partial charge on any atom is -0.457 e. The van der Waals surface area contributed by atoms with Crippen LogP contribution in [0.25, 0.3) is 5.82 Å². The van der Waals surface area contributed by atoms with Gasteiger partial charge in [0.05, 0.1) is 17.2 Å². The first kappa shape index (κ1) is 22.2. The number of likely N-dealkylation sites (tertiary alicyclic amines) is 1. The van der Waals surface area contributed by atoms with Crippen LogP contribution in [-0.4, -0.2) is 62.3 Å². The average Bonchev–Trinajstić information content (AvgIpc) is 3.51. The third kappa shape index (κ3) is 4.44. The van der Waals surface area contributed by atoms with E-state index in [9.17, 15) is 14.7 Å². The van der Waals surface area contributed by atoms with Crippen molar-refractivity contribution in [3.63, 3.8) is 0 Å². The zero-order chi connectivity index (χ0) is 23.7. The molecule has 2 aliphatic heterocycles. The normalized spacial score (nSPS) is 17.3. The predicted octanol–water partition coefficient (Wildman–Crippen LogP) is 2.17. The van der Waals surface area contributed by atoms with Crippen LogP contribution in [0, 0.1) is 6.92 Å². The highest BCUT2D eigenvalue weighted by Crippen LogP contribution is 2.29. The van der Waals surface area contributed by atoms with E-state index in [0.717, 1.165) is 42.6 Å². The molecule has 1 aromatic carbocycles. The minimum atomic E-state index is -0.647. The molecule has 9 nitrogen and oxygen atoms in total. The summed E-state index contributed by atoms with van der Waals surface area (Å²) in [6.45, 7) is 4.27. The van der Waals surface area contributed by atoms with E-state index in [1.165, 1.54) is 0 Å². The first-order chi connectivity index (χ1) is 16.5. The summed E-state index contributed by atoms with van der Waals surface area (Å²) >= 11 is 0. The van der Waals surface area contributed by atoms with Gasteiger partial charge >= 0.3 is 5.97 Å². The summed E-state index contributed by atoms with van der Waals surface area (Å²) < 4.78 is 6.76. The Balaban J connectivity index is 1.13. The van der Waals surface area contributed by atoms with Crippen LogP contribution in [0.1, 0.15) is 56.4 Å². The fourth-order valence-electron chi connectivity index (χ4n) is 4.66. The number of carbonyl (C=O) groups is 2. The number of fused-ring (bicyclic) bond motifs is 1. The topological polar surface area (TPSA) is 110 Å². The summed E-state index contributed by atoms with van der Waals surface area (Å²) in [5, 5.41) is 18.1. The fourth-order valence-corrected chi connectivity index (χ4v) is 4.66. The van der Waals surface area contributed by atoms with Gasteiger partial charge in [0.25, 0.3) is 5.91 Å². The highest BCUT2D eigenvalue weighted by atomic mass is 16.5. The lowest BCUT2D eigenvalue weighted by Crippen LogP contribution is -2.45. The van der Waals surface area contributed by atoms with Gasteiger partial charge in [-0.05, 0) is 55.2 Å². The summed E-state index contributed by atoms with van der Waals surface area (Å²) in [7, 11) is 0. The zero-order valence-corrected chi connectivity index (χ0v) is 19.0. The van der Waals surface area contributed by atoms with Gasteiger partial charge in [-0.1, -0.05) is 6.07 Å². The molecule has 0 bridgehead atoms. The summed E-state index contributed by atoms with van der Waals surface area (Å²) in [4.78, 5) is 30.9. The lowest BCUT2D eigenvalue weighted by molar-refractivity contribution is 0.0534. The number of aromatic nitrogens is 3. The number of nitrogens with zero attached hydrogens (tertiary/aromatic N) is 4. The molecule has 2 N–H and O–H groups in total. The maximum atomic E-state index is 12.6. The van der Waals surface area contributed by atoms with E-state index in [4.69, 9.17) is 4.74 Å². The summed E-state index contributed by atoms with van der Waals surface area (Å²) in [6, 6.07) is 8.99. The summed E-state index contributed by atoms with van der Waals surface area (Å²) in [6.07, 6.45) is 6.01. The Morgan fingerprint density at radius 3 is 2.79 bits per heavy atom. The highest BCUT2D eigenvalue weighted by Gasteiger charge is 2.27. The van der Waals surface area contributed by atoms with Gasteiger partial charge < -0.3 is 20.1 Å². The Morgan fingerprint density at radius 2 is 2.09 bits per heavy atom. The van der Waals surface area contributed by atoms with Crippen molar-refractivity contribution in [3.05, 3.63) is 76.7 Å². The van der Waals surface area contributed by atoms with Crippen molar-refractivity contribution in [2.24, 2.45) is 0 Å². The van der Waals surface area contributed by atoms with E-state index in [1.807, 2.05) is 19.1 Å². The molecule has 1 fully saturated rings. The molecule has 0 spiro atoms. The number of aliphatic hydroxyl groups is 1. The second kappa shape index (κ2) is 9.36. The first-order valence-corrected chi connectivity index (χ1v) is 11.5. The molecule has 1 amide bonds. The van der Waals surface area contributed by atoms with E-state index in [2.05, 4.69) is 20.3 Å². The smallest absolute Gasteiger partial charge is 0.338 e. The van der Waals surface area contributed by atoms with E-state index < -0.39 is 6.10 Å². The lowest BCUT2D eigenvalue weighted by atomic mass is 9.94. The van der Waals surface area contributed by atoms with Crippen LogP contribution < -0.4 is 5.32 Å². The molecule has 0 unspecified atom stereocenters. The molecule has 34 heavy (non-hydrogen) atoms. The minimum absolute atomic E-state index is 0.0802. The first-order valence-electron chi connectivity index (χ1n) is 11.5. The largest absolute Gasteiger partial charge is 0.457 e. The van der Waals surface area contributed by atoms with Crippen molar-refractivity contribution in [3.8, 4) is 5.82 Å². The van der Waals surface area contributed by atoms with Gasteiger partial charge in [0, 0.05) is 49.8 Å². The third-order valence-corrected chi connectivity index (χ3v) is 6.67. The highest BCUT2D eigenvalue weighted by molar-refractivity contribution is 5.94. The second-order valence-electron chi connectivity index (χ2n) is 8.80. The molecule has 176 valence electrons. The van der Waals surface area contributed by atoms with Crippen LogP contribution in [-0.2, 0) is 11.3 Å². The molecule has 2 aliphatic rings. The molecule has 4 heterocycles. The van der Waals surface area contributed by atoms with Gasteiger partial charge in [-0.25, -0.2) is 14.5 Å². The molecule has 0 aliphatic carbocycles. The predicted molar refractivity (Wildman–Crippen MR) is 124 cm³/mol. The number of ether oxygens (including phenoxy) is 1. The van der Waals surface area contributed by atoms with Crippen LogP contribution in [0.5, 0.6) is 0 Å². The van der Waals surface area contributed by atoms with Gasteiger partial charge in [-0.2, -0.15) is 5.10 Å². The molecular formula is C25H27N5O4. The van der Waals surface area contributed by atoms with Crippen LogP contribution in [0.15, 0.2) is 48.9 Å². The molecule has 1 saturated heterocycles. The Morgan fingerprint density at radius 1 is 1.26 bits per heavy atom. The number of piperidine rings is 1. The Bertz CT molecular complexity index is 1180. The molecule has 9 heteroatoms. The number of β-amino-alcohol motifs (C(OH)–C–C–N with tert-alkyl or cyclic N) is 1. The quantitative estimate of drug-likeness (QED) is 0.542. The molecular weight excluding hydrogens is 434 g/mol. The molecule has 3 aromatic rings. The number of esters is 1. The Labute approximate surface area is 197 Å². The van der Waals surface area contributed by atoms with Crippen LogP contribution in [0.2, 0.25) is 0 Å². The van der Waals surface area contributed by atoms with E-state index in [1.54, 1.807) is 41.5 Å². The maximum absolute atomic E-state index is 12.6. The van der Waals surface area contributed by atoms with Crippen molar-refractivity contribution in [1.82, 2.24) is 25.0 Å². The van der Waals surface area contributed by atoms with E-state index in [-0.39, 0.29) is 24.5 Å². The number of carbonyl (C=O) groups excluding carboxylic acids is 2. The number of nitrogens with one attached hydrogen (secondary N) is 1. The Hall–Kier alpha value is -3.56. The van der Waals surface area contributed by atoms with Gasteiger partial charge in [0.2, 0.25) is 0 Å². The van der Waals surface area contributed by atoms with Crippen molar-refractivity contribution in [2.45, 2.75) is 38.5 Å². The third-order valence-electron chi connectivity index (χ3n) is 6.67. The molecule has 2 aromatic heterocycles. The van der Waals surface area contributed by atoms with Crippen molar-refractivity contribution in [1.29, 1.82) is 0 Å². The van der Waals surface area contributed by atoms with Crippen molar-refractivity contribution >= 4 is 11.9 Å². The van der Waals surface area contributed by atoms with Crippen LogP contribution in [0.4, 0.5) is 0 Å². The molecule has 0 saturated carbocycles. The summed E-state index contributed by atoms with van der Waals surface area (Å²) in [5.74, 6) is 0.225. The van der Waals surface area contributed by atoms with Crippen molar-refractivity contribution in [2.75, 3.05) is 19.6 Å². The fraction of sp³-hybridized carbons (Fsp3) is 0.360. The van der Waals surface area contributed by atoms with E-state index in [0.29, 0.717) is 23.5 Å². The van der Waals surface area contributed by atoms with Gasteiger partial charge in [-0.15, -0.1) is 0 Å². The number of rotatable bonds is 6. The number of pyridine rings is 1. The second-order valence-corrected chi connectivity index (χ2v) is 8.80. The van der Waals surface area contributed by atoms with Gasteiger partial charge in [-0.3, -0.25) is 4.79 Å². The molecule has 1 atom stereocenters. The molecule has 0 radical (unpaired) electrons. The van der Waals surface area contributed by atoms with Gasteiger partial charge in [0.1, 0.15) is 6.61 Å². The van der Waals surface area contributed by atoms with Gasteiger partial charge in [0.15, 0.2) is 5.82 Å². The number of hydrogen-bond donors (Lipinski definition) is 2. The molecule has 5 rings (SSSR count). The van der Waals surface area contributed by atoms with E-state index >= 15 is 0 Å². The van der Waals surface area contributed by atoms with Crippen LogP contribution >= 0.6 is 0 Å². The lowest BCUT2D eigenvalue weighted by Gasteiger charge is -2.33. The number of hydrogen-bond acceptors (Lipinski definition) is 7. The monoisotopic (exact) mass is 461 g/mol. The number of amides is 1. The Kier molecular flexibility index (Phi) is 6.12. The van der Waals surface area contributed by atoms with Crippen molar-refractivity contribution < 1.29 is 19.4 Å². The average molecular weight is 462 g/mol. The number of cyclic esters (lactones) is 1. The standard InChI is InChI=1S/C25H27N5O4/c1-16-19(4-5-20-21(16)15-34-25(20)33)22(31)14-29-11-7-18(8-12-29)28-24(32)17-3-6-23(26-13-17)30-10-2-9-27-30/h2-6,9-10,13,18,22,31H,7-8,11-12,14-15H2,1H3,(H,28,32)/t22-/m0/s1. The van der Waals surface area contributed by atoms with Crippen LogP contribution in [0.3, 0.4) is 0 Å².